The molecule has 1 aromatic rings. The highest BCUT2D eigenvalue weighted by Crippen LogP contribution is 2.22. The molecule has 1 rings (SSSR count). The molecule has 0 aliphatic carbocycles. The van der Waals surface area contributed by atoms with Gasteiger partial charge in [0.05, 0.1) is 5.69 Å². The molecule has 0 atom stereocenters. The van der Waals surface area contributed by atoms with Crippen molar-refractivity contribution >= 4 is 11.8 Å². The van der Waals surface area contributed by atoms with E-state index in [1.807, 2.05) is 0 Å². The highest BCUT2D eigenvalue weighted by molar-refractivity contribution is 7.99. The van der Waals surface area contributed by atoms with Crippen LogP contribution in [0.25, 0.3) is 0 Å². The molecule has 0 aromatic carbocycles. The van der Waals surface area contributed by atoms with Crippen molar-refractivity contribution < 1.29 is 5.11 Å². The van der Waals surface area contributed by atoms with Crippen LogP contribution in [0.15, 0.2) is 5.16 Å². The monoisotopic (exact) mass is 242 g/mol. The number of aliphatic hydroxyl groups excluding tert-OH is 1. The van der Waals surface area contributed by atoms with E-state index < -0.39 is 0 Å². The van der Waals surface area contributed by atoms with Gasteiger partial charge in [-0.25, -0.2) is 4.98 Å². The molecular formula is C12H22N2OS. The molecule has 0 aliphatic heterocycles. The van der Waals surface area contributed by atoms with E-state index in [1.165, 1.54) is 5.69 Å². The van der Waals surface area contributed by atoms with E-state index in [1.54, 1.807) is 11.8 Å². The lowest BCUT2D eigenvalue weighted by Gasteiger charge is -2.11. The summed E-state index contributed by atoms with van der Waals surface area (Å²) in [4.78, 5) is 4.58. The maximum Gasteiger partial charge on any atom is 0.168 e. The van der Waals surface area contributed by atoms with Crippen LogP contribution < -0.4 is 0 Å². The van der Waals surface area contributed by atoms with Crippen molar-refractivity contribution in [3.63, 3.8) is 0 Å². The first kappa shape index (κ1) is 13.6. The van der Waals surface area contributed by atoms with Gasteiger partial charge in [0.2, 0.25) is 0 Å². The van der Waals surface area contributed by atoms with Crippen molar-refractivity contribution in [1.29, 1.82) is 0 Å². The molecular weight excluding hydrogens is 220 g/mol. The first-order valence-corrected chi connectivity index (χ1v) is 6.82. The van der Waals surface area contributed by atoms with Crippen LogP contribution in [0.2, 0.25) is 0 Å². The average Bonchev–Trinajstić information content (AvgIpc) is 2.46. The number of imidazole rings is 1. The number of aliphatic hydroxyl groups is 1. The fourth-order valence-electron chi connectivity index (χ4n) is 1.54. The lowest BCUT2D eigenvalue weighted by molar-refractivity contribution is 0.296. The molecule has 92 valence electrons. The molecule has 1 aromatic heterocycles. The van der Waals surface area contributed by atoms with Crippen molar-refractivity contribution in [2.75, 3.05) is 12.4 Å². The first-order chi connectivity index (χ1) is 7.56. The molecule has 0 saturated heterocycles. The molecule has 0 fully saturated rings. The van der Waals surface area contributed by atoms with Gasteiger partial charge in [-0.05, 0) is 26.2 Å². The van der Waals surface area contributed by atoms with Crippen molar-refractivity contribution in [3.8, 4) is 0 Å². The topological polar surface area (TPSA) is 38.1 Å². The summed E-state index contributed by atoms with van der Waals surface area (Å²) >= 11 is 1.74. The maximum absolute atomic E-state index is 8.78. The van der Waals surface area contributed by atoms with Gasteiger partial charge in [0.1, 0.15) is 0 Å². The van der Waals surface area contributed by atoms with Gasteiger partial charge < -0.3 is 9.67 Å². The number of aromatic nitrogens is 2. The van der Waals surface area contributed by atoms with E-state index in [-0.39, 0.29) is 6.61 Å². The second-order valence-electron chi connectivity index (χ2n) is 4.50. The Labute approximate surface area is 102 Å². The number of hydrogen-bond donors (Lipinski definition) is 1. The predicted molar refractivity (Wildman–Crippen MR) is 69.0 cm³/mol. The molecule has 0 saturated carbocycles. The van der Waals surface area contributed by atoms with Crippen LogP contribution in [0.3, 0.4) is 0 Å². The Hall–Kier alpha value is -0.480. The van der Waals surface area contributed by atoms with Crippen LogP contribution >= 0.6 is 11.8 Å². The summed E-state index contributed by atoms with van der Waals surface area (Å²) in [5.41, 5.74) is 2.38. The van der Waals surface area contributed by atoms with Crippen LogP contribution in [0.1, 0.15) is 31.7 Å². The van der Waals surface area contributed by atoms with Crippen molar-refractivity contribution in [2.45, 2.75) is 45.8 Å². The highest BCUT2D eigenvalue weighted by Gasteiger charge is 2.12. The standard InChI is InChI=1S/C12H22N2OS/c1-9(2)8-14-11(4)10(3)13-12(14)16-7-5-6-15/h9,15H,5-8H2,1-4H3. The molecule has 1 heterocycles. The number of aryl methyl sites for hydroxylation is 1. The van der Waals surface area contributed by atoms with Gasteiger partial charge in [0.15, 0.2) is 5.16 Å². The normalized spacial score (nSPS) is 11.4. The summed E-state index contributed by atoms with van der Waals surface area (Å²) in [5, 5.41) is 9.87. The van der Waals surface area contributed by atoms with Crippen LogP contribution in [-0.2, 0) is 6.54 Å². The van der Waals surface area contributed by atoms with Gasteiger partial charge in [-0.15, -0.1) is 0 Å². The van der Waals surface area contributed by atoms with Crippen molar-refractivity contribution in [2.24, 2.45) is 5.92 Å². The fraction of sp³-hybridized carbons (Fsp3) is 0.750. The van der Waals surface area contributed by atoms with Gasteiger partial charge in [0.25, 0.3) is 0 Å². The number of thioether (sulfide) groups is 1. The molecule has 0 unspecified atom stereocenters. The summed E-state index contributed by atoms with van der Waals surface area (Å²) < 4.78 is 2.29. The zero-order valence-electron chi connectivity index (χ0n) is 10.7. The van der Waals surface area contributed by atoms with Crippen LogP contribution in [0.4, 0.5) is 0 Å². The van der Waals surface area contributed by atoms with E-state index in [9.17, 15) is 0 Å². The van der Waals surface area contributed by atoms with Gasteiger partial charge in [-0.3, -0.25) is 0 Å². The summed E-state index contributed by atoms with van der Waals surface area (Å²) in [6.45, 7) is 9.90. The second-order valence-corrected chi connectivity index (χ2v) is 5.56. The second kappa shape index (κ2) is 6.30. The molecule has 0 aliphatic rings. The minimum absolute atomic E-state index is 0.260. The predicted octanol–water partition coefficient (Wildman–Crippen LogP) is 2.63. The summed E-state index contributed by atoms with van der Waals surface area (Å²) in [7, 11) is 0. The van der Waals surface area contributed by atoms with Gasteiger partial charge >= 0.3 is 0 Å². The van der Waals surface area contributed by atoms with Gasteiger partial charge in [-0.1, -0.05) is 25.6 Å². The quantitative estimate of drug-likeness (QED) is 0.615. The molecule has 4 heteroatoms. The van der Waals surface area contributed by atoms with Crippen LogP contribution in [0.5, 0.6) is 0 Å². The fourth-order valence-corrected chi connectivity index (χ4v) is 2.57. The third-order valence-electron chi connectivity index (χ3n) is 2.50. The number of nitrogens with zero attached hydrogens (tertiary/aromatic N) is 2. The largest absolute Gasteiger partial charge is 0.396 e. The zero-order valence-corrected chi connectivity index (χ0v) is 11.5. The summed E-state index contributed by atoms with van der Waals surface area (Å²) in [5.74, 6) is 1.56. The Morgan fingerprint density at radius 3 is 2.62 bits per heavy atom. The molecule has 0 spiro atoms. The van der Waals surface area contributed by atoms with Crippen molar-refractivity contribution in [1.82, 2.24) is 9.55 Å². The van der Waals surface area contributed by atoms with E-state index in [0.29, 0.717) is 5.92 Å². The lowest BCUT2D eigenvalue weighted by atomic mass is 10.2. The van der Waals surface area contributed by atoms with Gasteiger partial charge in [-0.2, -0.15) is 0 Å². The summed E-state index contributed by atoms with van der Waals surface area (Å²) in [6.07, 6.45) is 0.831. The molecule has 0 radical (unpaired) electrons. The van der Waals surface area contributed by atoms with E-state index in [2.05, 4.69) is 37.2 Å². The molecule has 0 bridgehead atoms. The van der Waals surface area contributed by atoms with E-state index >= 15 is 0 Å². The Morgan fingerprint density at radius 2 is 2.06 bits per heavy atom. The average molecular weight is 242 g/mol. The van der Waals surface area contributed by atoms with Crippen molar-refractivity contribution in [3.05, 3.63) is 11.4 Å². The molecule has 16 heavy (non-hydrogen) atoms. The van der Waals surface area contributed by atoms with E-state index in [4.69, 9.17) is 5.11 Å². The zero-order chi connectivity index (χ0) is 12.1. The Morgan fingerprint density at radius 1 is 1.38 bits per heavy atom. The van der Waals surface area contributed by atoms with E-state index in [0.717, 1.165) is 29.6 Å². The number of hydrogen-bond acceptors (Lipinski definition) is 3. The van der Waals surface area contributed by atoms with Crippen LogP contribution in [-0.4, -0.2) is 27.0 Å². The third-order valence-corrected chi connectivity index (χ3v) is 3.57. The highest BCUT2D eigenvalue weighted by atomic mass is 32.2. The smallest absolute Gasteiger partial charge is 0.168 e. The minimum atomic E-state index is 0.260. The minimum Gasteiger partial charge on any atom is -0.396 e. The molecule has 0 amide bonds. The maximum atomic E-state index is 8.78. The summed E-state index contributed by atoms with van der Waals surface area (Å²) in [6, 6.07) is 0. The Bertz CT molecular complexity index is 334. The number of rotatable bonds is 6. The SMILES string of the molecule is Cc1nc(SCCCO)n(CC(C)C)c1C. The Kier molecular flexibility index (Phi) is 5.35. The third kappa shape index (κ3) is 3.52. The molecule has 3 nitrogen and oxygen atoms in total. The lowest BCUT2D eigenvalue weighted by Crippen LogP contribution is -2.07. The Balaban J connectivity index is 2.77. The molecule has 1 N–H and O–H groups in total. The first-order valence-electron chi connectivity index (χ1n) is 5.83. The van der Waals surface area contributed by atoms with Gasteiger partial charge in [0, 0.05) is 24.6 Å². The van der Waals surface area contributed by atoms with Crippen LogP contribution in [0, 0.1) is 19.8 Å².